The molecule has 0 fully saturated rings. The zero-order chi connectivity index (χ0) is 15.6. The van der Waals surface area contributed by atoms with Gasteiger partial charge in [0.05, 0.1) is 0 Å². The van der Waals surface area contributed by atoms with E-state index < -0.39 is 0 Å². The van der Waals surface area contributed by atoms with Crippen molar-refractivity contribution in [2.24, 2.45) is 0 Å². The lowest BCUT2D eigenvalue weighted by atomic mass is 10.1. The summed E-state index contributed by atoms with van der Waals surface area (Å²) in [6.45, 7) is 5.81. The highest BCUT2D eigenvalue weighted by molar-refractivity contribution is 5.48. The molecule has 0 aromatic rings. The summed E-state index contributed by atoms with van der Waals surface area (Å²) in [7, 11) is 0. The molecule has 0 unspecified atom stereocenters. The van der Waals surface area contributed by atoms with Crippen molar-refractivity contribution in [1.29, 1.82) is 0 Å². The molecule has 2 nitrogen and oxygen atoms in total. The molecule has 0 aliphatic rings. The van der Waals surface area contributed by atoms with Gasteiger partial charge < -0.3 is 4.90 Å². The van der Waals surface area contributed by atoms with Crippen LogP contribution in [0.5, 0.6) is 0 Å². The molecule has 0 spiro atoms. The Morgan fingerprint density at radius 3 is 1.57 bits per heavy atom. The van der Waals surface area contributed by atoms with Crippen LogP contribution < -0.4 is 0 Å². The van der Waals surface area contributed by atoms with Crippen molar-refractivity contribution in [2.45, 2.75) is 78.1 Å². The molecule has 0 N–H and O–H groups in total. The smallest absolute Gasteiger partial charge is 0.312 e. The van der Waals surface area contributed by atoms with E-state index in [4.69, 9.17) is 0 Å². The number of hydrogen-bond acceptors (Lipinski definition) is 1. The molecule has 2 heteroatoms. The molecule has 21 heavy (non-hydrogen) atoms. The SMILES string of the molecule is CCCCCC/C=C/CN([C]=O)C/C=C/CCCCCC. The maximum absolute atomic E-state index is 10.8. The van der Waals surface area contributed by atoms with Crippen LogP contribution in [0.3, 0.4) is 0 Å². The van der Waals surface area contributed by atoms with Crippen molar-refractivity contribution in [3.05, 3.63) is 24.3 Å². The second-order valence-corrected chi connectivity index (χ2v) is 5.64. The normalized spacial score (nSPS) is 11.5. The minimum atomic E-state index is 0.678. The first-order chi connectivity index (χ1) is 10.3. The standard InChI is InChI=1S/C19H34NO/c1-3-5-7-9-11-13-15-17-20(19-21)18-16-14-12-10-8-6-4-2/h13-16H,3-12,17-18H2,1-2H3/b15-13+,16-14+. The highest BCUT2D eigenvalue weighted by Gasteiger charge is 1.96. The highest BCUT2D eigenvalue weighted by Crippen LogP contribution is 2.04. The lowest BCUT2D eigenvalue weighted by Crippen LogP contribution is -2.21. The van der Waals surface area contributed by atoms with Crippen LogP contribution in [0.25, 0.3) is 0 Å². The number of rotatable bonds is 15. The third-order valence-corrected chi connectivity index (χ3v) is 3.56. The summed E-state index contributed by atoms with van der Waals surface area (Å²) in [6, 6.07) is 0. The highest BCUT2D eigenvalue weighted by atomic mass is 16.1. The molecular formula is C19H34NO. The Morgan fingerprint density at radius 2 is 1.19 bits per heavy atom. The zero-order valence-corrected chi connectivity index (χ0v) is 14.2. The quantitative estimate of drug-likeness (QED) is 0.224. The van der Waals surface area contributed by atoms with E-state index in [1.165, 1.54) is 51.4 Å². The first kappa shape index (κ1) is 19.9. The first-order valence-corrected chi connectivity index (χ1v) is 8.77. The van der Waals surface area contributed by atoms with Crippen molar-refractivity contribution in [2.75, 3.05) is 13.1 Å². The fourth-order valence-corrected chi connectivity index (χ4v) is 2.17. The van der Waals surface area contributed by atoms with Gasteiger partial charge in [-0.15, -0.1) is 0 Å². The number of allylic oxidation sites excluding steroid dienone is 2. The topological polar surface area (TPSA) is 20.3 Å². The summed E-state index contributed by atoms with van der Waals surface area (Å²) in [5.74, 6) is 0. The maximum atomic E-state index is 10.8. The largest absolute Gasteiger partial charge is 0.327 e. The van der Waals surface area contributed by atoms with Crippen molar-refractivity contribution < 1.29 is 4.79 Å². The van der Waals surface area contributed by atoms with Crippen molar-refractivity contribution in [3.8, 4) is 0 Å². The molecule has 0 bridgehead atoms. The third kappa shape index (κ3) is 15.2. The number of nitrogens with zero attached hydrogens (tertiary/aromatic N) is 1. The molecule has 0 heterocycles. The van der Waals surface area contributed by atoms with Gasteiger partial charge in [0.15, 0.2) is 0 Å². The second kappa shape index (κ2) is 17.0. The van der Waals surface area contributed by atoms with E-state index in [2.05, 4.69) is 38.2 Å². The lowest BCUT2D eigenvalue weighted by Gasteiger charge is -2.10. The fourth-order valence-electron chi connectivity index (χ4n) is 2.17. The summed E-state index contributed by atoms with van der Waals surface area (Å²) >= 11 is 0. The van der Waals surface area contributed by atoms with Crippen LogP contribution in [0.1, 0.15) is 78.1 Å². The van der Waals surface area contributed by atoms with Crippen LogP contribution in [0.15, 0.2) is 24.3 Å². The number of amides is 1. The van der Waals surface area contributed by atoms with Gasteiger partial charge in [0.1, 0.15) is 0 Å². The predicted molar refractivity (Wildman–Crippen MR) is 93.1 cm³/mol. The van der Waals surface area contributed by atoms with Crippen LogP contribution in [0.2, 0.25) is 0 Å². The molecule has 0 atom stereocenters. The summed E-state index contributed by atoms with van der Waals surface area (Å²) in [6.07, 6.45) is 23.2. The Kier molecular flexibility index (Phi) is 16.2. The minimum Gasteiger partial charge on any atom is -0.327 e. The monoisotopic (exact) mass is 292 g/mol. The number of unbranched alkanes of at least 4 members (excludes halogenated alkanes) is 8. The third-order valence-electron chi connectivity index (χ3n) is 3.56. The van der Waals surface area contributed by atoms with Gasteiger partial charge in [-0.2, -0.15) is 0 Å². The molecule has 0 aromatic heterocycles. The fraction of sp³-hybridized carbons (Fsp3) is 0.737. The van der Waals surface area contributed by atoms with Gasteiger partial charge in [-0.1, -0.05) is 76.7 Å². The van der Waals surface area contributed by atoms with E-state index in [1.54, 1.807) is 4.90 Å². The average molecular weight is 292 g/mol. The van der Waals surface area contributed by atoms with Crippen LogP contribution in [-0.2, 0) is 4.79 Å². The van der Waals surface area contributed by atoms with Gasteiger partial charge >= 0.3 is 6.41 Å². The summed E-state index contributed by atoms with van der Waals surface area (Å²) < 4.78 is 0. The van der Waals surface area contributed by atoms with Gasteiger partial charge in [-0.05, 0) is 25.7 Å². The Labute approximate surface area is 132 Å². The molecule has 1 radical (unpaired) electrons. The molecule has 0 saturated carbocycles. The van der Waals surface area contributed by atoms with Gasteiger partial charge in [0.25, 0.3) is 0 Å². The molecule has 1 amide bonds. The van der Waals surface area contributed by atoms with Gasteiger partial charge in [-0.3, -0.25) is 4.79 Å². The van der Waals surface area contributed by atoms with Gasteiger partial charge in [0.2, 0.25) is 0 Å². The Balaban J connectivity index is 3.58. The lowest BCUT2D eigenvalue weighted by molar-refractivity contribution is 0.436. The Bertz CT molecular complexity index is 247. The minimum absolute atomic E-state index is 0.678. The summed E-state index contributed by atoms with van der Waals surface area (Å²) in [4.78, 5) is 12.5. The predicted octanol–water partition coefficient (Wildman–Crippen LogP) is 5.41. The Hall–Kier alpha value is -1.05. The van der Waals surface area contributed by atoms with Gasteiger partial charge in [-0.25, -0.2) is 0 Å². The summed E-state index contributed by atoms with van der Waals surface area (Å²) in [5, 5.41) is 0. The van der Waals surface area contributed by atoms with E-state index in [-0.39, 0.29) is 0 Å². The van der Waals surface area contributed by atoms with Crippen LogP contribution >= 0.6 is 0 Å². The number of hydrogen-bond donors (Lipinski definition) is 0. The maximum Gasteiger partial charge on any atom is 0.312 e. The molecular weight excluding hydrogens is 258 g/mol. The van der Waals surface area contributed by atoms with Crippen molar-refractivity contribution in [3.63, 3.8) is 0 Å². The van der Waals surface area contributed by atoms with Gasteiger partial charge in [0, 0.05) is 13.1 Å². The van der Waals surface area contributed by atoms with Crippen LogP contribution in [-0.4, -0.2) is 24.4 Å². The molecule has 0 aromatic carbocycles. The van der Waals surface area contributed by atoms with Crippen molar-refractivity contribution >= 4 is 6.41 Å². The zero-order valence-electron chi connectivity index (χ0n) is 14.2. The summed E-state index contributed by atoms with van der Waals surface area (Å²) in [5.41, 5.74) is 0. The van der Waals surface area contributed by atoms with E-state index in [9.17, 15) is 4.79 Å². The first-order valence-electron chi connectivity index (χ1n) is 8.77. The molecule has 0 aliphatic heterocycles. The van der Waals surface area contributed by atoms with Crippen LogP contribution in [0.4, 0.5) is 0 Å². The molecule has 0 aliphatic carbocycles. The van der Waals surface area contributed by atoms with E-state index in [0.717, 1.165) is 12.8 Å². The van der Waals surface area contributed by atoms with Crippen molar-refractivity contribution in [1.82, 2.24) is 4.90 Å². The van der Waals surface area contributed by atoms with E-state index in [0.29, 0.717) is 13.1 Å². The second-order valence-electron chi connectivity index (χ2n) is 5.64. The molecule has 121 valence electrons. The van der Waals surface area contributed by atoms with E-state index >= 15 is 0 Å². The molecule has 0 rings (SSSR count). The molecule has 0 saturated heterocycles. The Morgan fingerprint density at radius 1 is 0.714 bits per heavy atom. The van der Waals surface area contributed by atoms with Crippen LogP contribution in [0, 0.1) is 0 Å². The van der Waals surface area contributed by atoms with E-state index in [1.807, 2.05) is 6.41 Å². The number of carbonyl (C=O) groups excluding carboxylic acids is 1. The average Bonchev–Trinajstić information content (AvgIpc) is 2.51.